The molecule has 32 heavy (non-hydrogen) atoms. The van der Waals surface area contributed by atoms with Crippen molar-refractivity contribution in [1.29, 1.82) is 0 Å². The molecule has 162 valence electrons. The number of benzene rings is 2. The van der Waals surface area contributed by atoms with Crippen LogP contribution in [0.15, 0.2) is 57.2 Å². The van der Waals surface area contributed by atoms with Crippen molar-refractivity contribution in [3.63, 3.8) is 0 Å². The summed E-state index contributed by atoms with van der Waals surface area (Å²) in [4.78, 5) is 31.8. The van der Waals surface area contributed by atoms with Crippen LogP contribution in [0.25, 0.3) is 11.5 Å². The van der Waals surface area contributed by atoms with E-state index in [-0.39, 0.29) is 12.5 Å². The highest BCUT2D eigenvalue weighted by Crippen LogP contribution is 2.34. The number of hydrogen-bond donors (Lipinski definition) is 0. The van der Waals surface area contributed by atoms with Gasteiger partial charge in [0, 0.05) is 10.6 Å². The number of oxazole rings is 1. The molecule has 2 aliphatic heterocycles. The standard InChI is InChI=1S/C23H20ClN5O3/c1-12-4-7-15(8-5-12)21-25-18(14(3)32-21)11-28-20-19(26-27-28)22(30)29(23(20)31)16-9-6-13(2)17(24)10-16/h4-10,19-20H,11H2,1-3H3/t19-,20-/m1/s1. The third-order valence-electron chi connectivity index (χ3n) is 5.77. The van der Waals surface area contributed by atoms with Crippen molar-refractivity contribution in [2.45, 2.75) is 39.4 Å². The summed E-state index contributed by atoms with van der Waals surface area (Å²) in [5.74, 6) is 0.321. The Bertz CT molecular complexity index is 1270. The number of halogens is 1. The van der Waals surface area contributed by atoms with Gasteiger partial charge in [-0.05, 0) is 50.6 Å². The van der Waals surface area contributed by atoms with Gasteiger partial charge in [0.15, 0.2) is 12.1 Å². The smallest absolute Gasteiger partial charge is 0.263 e. The van der Waals surface area contributed by atoms with Crippen LogP contribution >= 0.6 is 11.6 Å². The molecule has 0 aliphatic carbocycles. The maximum Gasteiger partial charge on any atom is 0.263 e. The molecule has 0 saturated carbocycles. The third-order valence-corrected chi connectivity index (χ3v) is 6.18. The monoisotopic (exact) mass is 449 g/mol. The number of nitrogens with zero attached hydrogens (tertiary/aromatic N) is 5. The van der Waals surface area contributed by atoms with E-state index in [0.717, 1.165) is 21.6 Å². The molecule has 1 fully saturated rings. The molecule has 2 atom stereocenters. The lowest BCUT2D eigenvalue weighted by atomic mass is 10.1. The summed E-state index contributed by atoms with van der Waals surface area (Å²) in [5, 5.41) is 10.2. The van der Waals surface area contributed by atoms with Gasteiger partial charge in [-0.1, -0.05) is 40.6 Å². The van der Waals surface area contributed by atoms with Gasteiger partial charge in [-0.3, -0.25) is 14.6 Å². The molecule has 0 bridgehead atoms. The van der Waals surface area contributed by atoms with E-state index >= 15 is 0 Å². The zero-order valence-electron chi connectivity index (χ0n) is 17.7. The third kappa shape index (κ3) is 3.27. The SMILES string of the molecule is Cc1ccc(-c2nc(CN3N=N[C@H]4C(=O)N(c5ccc(C)c(Cl)c5)C(=O)[C@@H]43)c(C)o2)cc1. The summed E-state index contributed by atoms with van der Waals surface area (Å²) in [6.07, 6.45) is 0. The first-order chi connectivity index (χ1) is 15.3. The van der Waals surface area contributed by atoms with Gasteiger partial charge < -0.3 is 4.42 Å². The minimum Gasteiger partial charge on any atom is -0.441 e. The van der Waals surface area contributed by atoms with E-state index in [1.807, 2.05) is 45.0 Å². The molecule has 9 heteroatoms. The topological polar surface area (TPSA) is 91.4 Å². The van der Waals surface area contributed by atoms with Crippen LogP contribution < -0.4 is 4.90 Å². The van der Waals surface area contributed by atoms with E-state index in [1.54, 1.807) is 18.2 Å². The Balaban J connectivity index is 1.39. The average Bonchev–Trinajstić information content (AvgIpc) is 3.41. The van der Waals surface area contributed by atoms with Gasteiger partial charge >= 0.3 is 0 Å². The fraction of sp³-hybridized carbons (Fsp3) is 0.261. The molecular formula is C23H20ClN5O3. The summed E-state index contributed by atoms with van der Waals surface area (Å²) < 4.78 is 5.84. The van der Waals surface area contributed by atoms with Gasteiger partial charge in [0.2, 0.25) is 5.89 Å². The molecule has 5 rings (SSSR count). The highest BCUT2D eigenvalue weighted by Gasteiger charge is 2.55. The molecule has 1 aromatic heterocycles. The number of aromatic nitrogens is 1. The minimum atomic E-state index is -0.883. The Hall–Kier alpha value is -3.52. The van der Waals surface area contributed by atoms with Crippen molar-refractivity contribution in [2.24, 2.45) is 10.3 Å². The summed E-state index contributed by atoms with van der Waals surface area (Å²) >= 11 is 6.20. The second-order valence-corrected chi connectivity index (χ2v) is 8.43. The second kappa shape index (κ2) is 7.56. The lowest BCUT2D eigenvalue weighted by molar-refractivity contribution is -0.123. The lowest BCUT2D eigenvalue weighted by Gasteiger charge is -2.20. The Morgan fingerprint density at radius 1 is 1.03 bits per heavy atom. The molecule has 0 spiro atoms. The predicted molar refractivity (Wildman–Crippen MR) is 118 cm³/mol. The Morgan fingerprint density at radius 3 is 2.50 bits per heavy atom. The number of aryl methyl sites for hydroxylation is 3. The Morgan fingerprint density at radius 2 is 1.78 bits per heavy atom. The molecular weight excluding hydrogens is 430 g/mol. The van der Waals surface area contributed by atoms with Crippen molar-refractivity contribution >= 4 is 29.1 Å². The van der Waals surface area contributed by atoms with Crippen LogP contribution in [-0.4, -0.2) is 33.9 Å². The van der Waals surface area contributed by atoms with Crippen molar-refractivity contribution < 1.29 is 14.0 Å². The Kier molecular flexibility index (Phi) is 4.82. The molecule has 8 nitrogen and oxygen atoms in total. The summed E-state index contributed by atoms with van der Waals surface area (Å²) in [7, 11) is 0. The highest BCUT2D eigenvalue weighted by atomic mass is 35.5. The van der Waals surface area contributed by atoms with Gasteiger partial charge in [0.05, 0.1) is 12.2 Å². The maximum atomic E-state index is 13.2. The van der Waals surface area contributed by atoms with E-state index in [0.29, 0.717) is 28.1 Å². The van der Waals surface area contributed by atoms with E-state index in [2.05, 4.69) is 15.3 Å². The highest BCUT2D eigenvalue weighted by molar-refractivity contribution is 6.32. The average molecular weight is 450 g/mol. The first kappa shape index (κ1) is 20.4. The number of hydrogen-bond acceptors (Lipinski definition) is 7. The van der Waals surface area contributed by atoms with Gasteiger partial charge in [-0.15, -0.1) is 0 Å². The van der Waals surface area contributed by atoms with E-state index < -0.39 is 18.0 Å². The zero-order chi connectivity index (χ0) is 22.6. The van der Waals surface area contributed by atoms with Gasteiger partial charge in [0.1, 0.15) is 11.5 Å². The molecule has 0 unspecified atom stereocenters. The largest absolute Gasteiger partial charge is 0.441 e. The molecule has 1 saturated heterocycles. The quantitative estimate of drug-likeness (QED) is 0.550. The van der Waals surface area contributed by atoms with Crippen molar-refractivity contribution in [2.75, 3.05) is 4.90 Å². The number of carbonyl (C=O) groups excluding carboxylic acids is 2. The maximum absolute atomic E-state index is 13.2. The first-order valence-electron chi connectivity index (χ1n) is 10.2. The molecule has 0 radical (unpaired) electrons. The summed E-state index contributed by atoms with van der Waals surface area (Å²) in [6, 6.07) is 11.3. The lowest BCUT2D eigenvalue weighted by Crippen LogP contribution is -2.39. The number of rotatable bonds is 4. The minimum absolute atomic E-state index is 0.202. The van der Waals surface area contributed by atoms with Crippen LogP contribution in [0.2, 0.25) is 5.02 Å². The fourth-order valence-corrected chi connectivity index (χ4v) is 4.05. The predicted octanol–water partition coefficient (Wildman–Crippen LogP) is 4.41. The molecule has 2 amide bonds. The number of amides is 2. The van der Waals surface area contributed by atoms with E-state index in [4.69, 9.17) is 16.0 Å². The number of imide groups is 1. The molecule has 3 heterocycles. The molecule has 3 aromatic rings. The van der Waals surface area contributed by atoms with Crippen LogP contribution in [0, 0.1) is 20.8 Å². The van der Waals surface area contributed by atoms with Crippen molar-refractivity contribution in [3.8, 4) is 11.5 Å². The van der Waals surface area contributed by atoms with Gasteiger partial charge in [-0.2, -0.15) is 5.11 Å². The summed E-state index contributed by atoms with van der Waals surface area (Å²) in [5.41, 5.74) is 3.93. The van der Waals surface area contributed by atoms with Gasteiger partial charge in [0.25, 0.3) is 11.8 Å². The van der Waals surface area contributed by atoms with Gasteiger partial charge in [-0.25, -0.2) is 9.88 Å². The molecule has 2 aliphatic rings. The number of carbonyl (C=O) groups is 2. The van der Waals surface area contributed by atoms with Crippen LogP contribution in [0.1, 0.15) is 22.6 Å². The summed E-state index contributed by atoms with van der Waals surface area (Å²) in [6.45, 7) is 5.88. The molecule has 0 N–H and O–H groups in total. The van der Waals surface area contributed by atoms with E-state index in [9.17, 15) is 9.59 Å². The van der Waals surface area contributed by atoms with Crippen molar-refractivity contribution in [1.82, 2.24) is 9.99 Å². The Labute approximate surface area is 189 Å². The van der Waals surface area contributed by atoms with Crippen LogP contribution in [-0.2, 0) is 16.1 Å². The van der Waals surface area contributed by atoms with Crippen LogP contribution in [0.5, 0.6) is 0 Å². The van der Waals surface area contributed by atoms with Crippen LogP contribution in [0.3, 0.4) is 0 Å². The first-order valence-corrected chi connectivity index (χ1v) is 10.6. The van der Waals surface area contributed by atoms with Crippen molar-refractivity contribution in [3.05, 3.63) is 70.1 Å². The van der Waals surface area contributed by atoms with E-state index in [1.165, 1.54) is 5.01 Å². The zero-order valence-corrected chi connectivity index (χ0v) is 18.5. The number of fused-ring (bicyclic) bond motifs is 1. The number of anilines is 1. The fourth-order valence-electron chi connectivity index (χ4n) is 3.88. The van der Waals surface area contributed by atoms with Crippen LogP contribution in [0.4, 0.5) is 5.69 Å². The molecule has 2 aromatic carbocycles. The normalized spacial score (nSPS) is 19.9. The second-order valence-electron chi connectivity index (χ2n) is 8.03.